The number of quaternary nitrogens is 1. The molecule has 5 nitrogen and oxygen atoms in total. The highest BCUT2D eigenvalue weighted by molar-refractivity contribution is 6.46. The second kappa shape index (κ2) is 7.94. The highest BCUT2D eigenvalue weighted by atomic mass is 35.5. The number of likely N-dealkylation sites (tertiary alicyclic amines) is 1. The largest absolute Gasteiger partial charge is 0.507 e. The van der Waals surface area contributed by atoms with Crippen LogP contribution in [0.1, 0.15) is 17.2 Å². The molecule has 2 aromatic carbocycles. The lowest BCUT2D eigenvalue weighted by molar-refractivity contribution is -0.857. The van der Waals surface area contributed by atoms with Gasteiger partial charge >= 0.3 is 0 Å². The number of aliphatic hydroxyl groups is 1. The van der Waals surface area contributed by atoms with Crippen molar-refractivity contribution in [2.75, 3.05) is 27.2 Å². The molecule has 27 heavy (non-hydrogen) atoms. The van der Waals surface area contributed by atoms with E-state index >= 15 is 0 Å². The minimum Gasteiger partial charge on any atom is -0.507 e. The van der Waals surface area contributed by atoms with E-state index in [1.807, 2.05) is 20.2 Å². The third-order valence-corrected chi connectivity index (χ3v) is 4.88. The summed E-state index contributed by atoms with van der Waals surface area (Å²) >= 11 is 6.00. The summed E-state index contributed by atoms with van der Waals surface area (Å²) < 4.78 is 0. The fraction of sp³-hybridized carbons (Fsp3) is 0.238. The third-order valence-electron chi connectivity index (χ3n) is 4.63. The molecule has 6 heteroatoms. The van der Waals surface area contributed by atoms with Gasteiger partial charge in [0.25, 0.3) is 11.7 Å². The van der Waals surface area contributed by atoms with Crippen LogP contribution < -0.4 is 4.90 Å². The molecule has 1 amide bonds. The maximum Gasteiger partial charge on any atom is 0.295 e. The number of aliphatic hydroxyl groups excluding tert-OH is 1. The van der Waals surface area contributed by atoms with Gasteiger partial charge < -0.3 is 14.9 Å². The van der Waals surface area contributed by atoms with E-state index < -0.39 is 17.7 Å². The Morgan fingerprint density at radius 1 is 1.07 bits per heavy atom. The van der Waals surface area contributed by atoms with Crippen LogP contribution in [0.4, 0.5) is 0 Å². The molecule has 1 aliphatic heterocycles. The van der Waals surface area contributed by atoms with Crippen LogP contribution in [0.2, 0.25) is 5.02 Å². The summed E-state index contributed by atoms with van der Waals surface area (Å²) in [6.07, 6.45) is 0. The Bertz CT molecular complexity index is 876. The average Bonchev–Trinajstić information content (AvgIpc) is 2.91. The first-order valence-electron chi connectivity index (χ1n) is 8.78. The molecule has 0 unspecified atom stereocenters. The third kappa shape index (κ3) is 3.89. The molecular formula is C21H22ClN2O3+. The monoisotopic (exact) mass is 385 g/mol. The second-order valence-electron chi connectivity index (χ2n) is 6.87. The first-order chi connectivity index (χ1) is 12.9. The van der Waals surface area contributed by atoms with Crippen LogP contribution in [0.5, 0.6) is 0 Å². The van der Waals surface area contributed by atoms with Crippen LogP contribution in [-0.2, 0) is 9.59 Å². The number of hydrogen-bond donors (Lipinski definition) is 2. The first-order valence-corrected chi connectivity index (χ1v) is 9.16. The van der Waals surface area contributed by atoms with Crippen molar-refractivity contribution in [1.82, 2.24) is 4.90 Å². The quantitative estimate of drug-likeness (QED) is 0.469. The van der Waals surface area contributed by atoms with E-state index in [1.54, 1.807) is 48.5 Å². The van der Waals surface area contributed by atoms with Gasteiger partial charge in [0.1, 0.15) is 5.76 Å². The van der Waals surface area contributed by atoms with Crippen LogP contribution in [-0.4, -0.2) is 48.9 Å². The Balaban J connectivity index is 2.13. The van der Waals surface area contributed by atoms with E-state index in [-0.39, 0.29) is 11.3 Å². The smallest absolute Gasteiger partial charge is 0.295 e. The van der Waals surface area contributed by atoms with Crippen LogP contribution in [0, 0.1) is 0 Å². The van der Waals surface area contributed by atoms with Gasteiger partial charge in [-0.1, -0.05) is 54.1 Å². The van der Waals surface area contributed by atoms with Crippen molar-refractivity contribution in [1.29, 1.82) is 0 Å². The molecule has 1 aliphatic rings. The molecular weight excluding hydrogens is 364 g/mol. The van der Waals surface area contributed by atoms with E-state index in [0.29, 0.717) is 23.7 Å². The van der Waals surface area contributed by atoms with Gasteiger partial charge in [-0.15, -0.1) is 0 Å². The number of nitrogens with one attached hydrogen (secondary N) is 1. The van der Waals surface area contributed by atoms with Crippen LogP contribution in [0.25, 0.3) is 5.76 Å². The Morgan fingerprint density at radius 2 is 1.70 bits per heavy atom. The molecule has 2 N–H and O–H groups in total. The molecule has 0 bridgehead atoms. The van der Waals surface area contributed by atoms with E-state index in [2.05, 4.69) is 0 Å². The standard InChI is InChI=1S/C21H21ClN2O3/c1-23(2)12-13-24-18(14-8-10-16(22)11-9-14)17(20(26)21(24)27)19(25)15-6-4-3-5-7-15/h3-11,18,25H,12-13H2,1-2H3/p+1/t18-/m1/s1. The number of carbonyl (C=O) groups is 2. The normalized spacial score (nSPS) is 19.1. The predicted octanol–water partition coefficient (Wildman–Crippen LogP) is 1.91. The SMILES string of the molecule is C[NH+](C)CCN1C(=O)C(=O)C(=C(O)c2ccccc2)[C@H]1c1ccc(Cl)cc1. The van der Waals surface area contributed by atoms with Gasteiger partial charge in [0.2, 0.25) is 0 Å². The maximum absolute atomic E-state index is 12.8. The van der Waals surface area contributed by atoms with Gasteiger partial charge in [-0.25, -0.2) is 0 Å². The molecule has 0 spiro atoms. The van der Waals surface area contributed by atoms with Crippen LogP contribution >= 0.6 is 11.6 Å². The molecule has 1 saturated heterocycles. The average molecular weight is 386 g/mol. The van der Waals surface area contributed by atoms with Crippen molar-refractivity contribution in [3.63, 3.8) is 0 Å². The molecule has 0 radical (unpaired) electrons. The van der Waals surface area contributed by atoms with Crippen molar-refractivity contribution >= 4 is 29.1 Å². The molecule has 140 valence electrons. The molecule has 3 rings (SSSR count). The zero-order chi connectivity index (χ0) is 19.6. The van der Waals surface area contributed by atoms with Gasteiger partial charge in [-0.2, -0.15) is 0 Å². The van der Waals surface area contributed by atoms with Gasteiger partial charge in [0, 0.05) is 10.6 Å². The summed E-state index contributed by atoms with van der Waals surface area (Å²) in [5.74, 6) is -1.41. The Kier molecular flexibility index (Phi) is 5.63. The number of carbonyl (C=O) groups excluding carboxylic acids is 2. The number of Topliss-reactive ketones (excluding diaryl/α,β-unsaturated/α-hetero) is 1. The van der Waals surface area contributed by atoms with Gasteiger partial charge in [-0.3, -0.25) is 9.59 Å². The summed E-state index contributed by atoms with van der Waals surface area (Å²) in [5, 5.41) is 11.4. The van der Waals surface area contributed by atoms with Crippen molar-refractivity contribution in [3.05, 3.63) is 76.3 Å². The zero-order valence-electron chi connectivity index (χ0n) is 15.3. The molecule has 0 aliphatic carbocycles. The molecule has 1 atom stereocenters. The first kappa shape index (κ1) is 19.1. The highest BCUT2D eigenvalue weighted by Gasteiger charge is 2.46. The number of halogens is 1. The number of nitrogens with zero attached hydrogens (tertiary/aromatic N) is 1. The highest BCUT2D eigenvalue weighted by Crippen LogP contribution is 2.39. The lowest BCUT2D eigenvalue weighted by atomic mass is 9.95. The van der Waals surface area contributed by atoms with Gasteiger partial charge in [0.15, 0.2) is 0 Å². The van der Waals surface area contributed by atoms with E-state index in [4.69, 9.17) is 11.6 Å². The topological polar surface area (TPSA) is 62.0 Å². The van der Waals surface area contributed by atoms with Crippen molar-refractivity contribution in [3.8, 4) is 0 Å². The molecule has 2 aromatic rings. The molecule has 1 fully saturated rings. The van der Waals surface area contributed by atoms with Crippen LogP contribution in [0.15, 0.2) is 60.2 Å². The Morgan fingerprint density at radius 3 is 2.30 bits per heavy atom. The van der Waals surface area contributed by atoms with E-state index in [9.17, 15) is 14.7 Å². The van der Waals surface area contributed by atoms with Crippen molar-refractivity contribution in [2.45, 2.75) is 6.04 Å². The van der Waals surface area contributed by atoms with Crippen LogP contribution in [0.3, 0.4) is 0 Å². The predicted molar refractivity (Wildman–Crippen MR) is 105 cm³/mol. The summed E-state index contributed by atoms with van der Waals surface area (Å²) in [6, 6.07) is 15.2. The maximum atomic E-state index is 12.8. The lowest BCUT2D eigenvalue weighted by Crippen LogP contribution is -3.06. The van der Waals surface area contributed by atoms with E-state index in [0.717, 1.165) is 10.5 Å². The van der Waals surface area contributed by atoms with E-state index in [1.165, 1.54) is 4.90 Å². The number of hydrogen-bond acceptors (Lipinski definition) is 3. The number of amides is 1. The molecule has 0 aromatic heterocycles. The fourth-order valence-electron chi connectivity index (χ4n) is 3.20. The minimum atomic E-state index is -0.662. The zero-order valence-corrected chi connectivity index (χ0v) is 16.0. The number of likely N-dealkylation sites (N-methyl/N-ethyl adjacent to an activating group) is 1. The Labute approximate surface area is 163 Å². The fourth-order valence-corrected chi connectivity index (χ4v) is 3.32. The summed E-state index contributed by atoms with van der Waals surface area (Å²) in [5.41, 5.74) is 1.36. The summed E-state index contributed by atoms with van der Waals surface area (Å²) in [6.45, 7) is 1.09. The minimum absolute atomic E-state index is 0.113. The van der Waals surface area contributed by atoms with Crippen molar-refractivity contribution < 1.29 is 19.6 Å². The number of benzene rings is 2. The summed E-state index contributed by atoms with van der Waals surface area (Å²) in [4.78, 5) is 28.2. The molecule has 0 saturated carbocycles. The summed E-state index contributed by atoms with van der Waals surface area (Å²) in [7, 11) is 3.97. The number of rotatable bonds is 5. The lowest BCUT2D eigenvalue weighted by Gasteiger charge is -2.25. The second-order valence-corrected chi connectivity index (χ2v) is 7.30. The molecule has 1 heterocycles. The van der Waals surface area contributed by atoms with Gasteiger partial charge in [-0.05, 0) is 17.7 Å². The van der Waals surface area contributed by atoms with Gasteiger partial charge in [0.05, 0.1) is 38.8 Å². The Hall–Kier alpha value is -2.63. The van der Waals surface area contributed by atoms with Crippen molar-refractivity contribution in [2.24, 2.45) is 0 Å². The number of ketones is 1.